The number of H-pyrrole nitrogens is 1. The van der Waals surface area contributed by atoms with Gasteiger partial charge in [-0.05, 0) is 55.6 Å². The number of benzene rings is 2. The summed E-state index contributed by atoms with van der Waals surface area (Å²) in [5.74, 6) is 0.480. The quantitative estimate of drug-likeness (QED) is 0.383. The number of hydrogen-bond donors (Lipinski definition) is 2. The third-order valence-electron chi connectivity index (χ3n) is 6.70. The zero-order chi connectivity index (χ0) is 24.5. The Bertz CT molecular complexity index is 1370. The Morgan fingerprint density at radius 1 is 1.14 bits per heavy atom. The molecule has 0 amide bonds. The molecular formula is C26H30ClN7O. The van der Waals surface area contributed by atoms with E-state index in [4.69, 9.17) is 17.3 Å². The number of nitrogens with one attached hydrogen (secondary N) is 1. The summed E-state index contributed by atoms with van der Waals surface area (Å²) in [5, 5.41) is 2.74. The summed E-state index contributed by atoms with van der Waals surface area (Å²) < 4.78 is 0. The molecule has 0 bridgehead atoms. The molecule has 8 nitrogen and oxygen atoms in total. The molecule has 3 N–H and O–H groups in total. The summed E-state index contributed by atoms with van der Waals surface area (Å²) in [5.41, 5.74) is 11.4. The van der Waals surface area contributed by atoms with Crippen LogP contribution in [0.5, 0.6) is 0 Å². The molecule has 1 aliphatic heterocycles. The molecule has 182 valence electrons. The van der Waals surface area contributed by atoms with Crippen LogP contribution in [0.15, 0.2) is 42.7 Å². The topological polar surface area (TPSA) is 94.4 Å². The van der Waals surface area contributed by atoms with Gasteiger partial charge in [-0.3, -0.25) is 9.80 Å². The number of halogens is 1. The normalized spacial score (nSPS) is 17.5. The van der Waals surface area contributed by atoms with Crippen LogP contribution in [0, 0.1) is 0 Å². The second-order valence-electron chi connectivity index (χ2n) is 9.53. The van der Waals surface area contributed by atoms with Gasteiger partial charge >= 0.3 is 0 Å². The van der Waals surface area contributed by atoms with Crippen LogP contribution in [0.4, 0.5) is 5.82 Å². The fourth-order valence-corrected chi connectivity index (χ4v) is 5.14. The summed E-state index contributed by atoms with van der Waals surface area (Å²) in [7, 11) is 4.14. The van der Waals surface area contributed by atoms with Crippen LogP contribution in [0.1, 0.15) is 16.8 Å². The lowest BCUT2D eigenvalue weighted by atomic mass is 10.1. The van der Waals surface area contributed by atoms with E-state index in [0.29, 0.717) is 18.9 Å². The molecule has 1 unspecified atom stereocenters. The standard InChI is InChI=1S/C26H30ClN7O/c1-32(2)13-22-21-10-18(27)4-6-23(21)31-25(22)14-33-7-8-34(19(12-33)15-35)11-17-3-5-20-24(9-17)29-16-30-26(20)28/h3-6,9-10,15-16,19,31H,7-8,11-14H2,1-2H3,(H2,28,29,30). The van der Waals surface area contributed by atoms with Gasteiger partial charge in [0.05, 0.1) is 11.6 Å². The maximum absolute atomic E-state index is 12.1. The molecule has 1 saturated heterocycles. The van der Waals surface area contributed by atoms with Crippen molar-refractivity contribution in [3.05, 3.63) is 64.6 Å². The molecule has 0 saturated carbocycles. The molecule has 0 spiro atoms. The second-order valence-corrected chi connectivity index (χ2v) is 9.97. The lowest BCUT2D eigenvalue weighted by molar-refractivity contribution is -0.115. The smallest absolute Gasteiger partial charge is 0.138 e. The number of anilines is 1. The van der Waals surface area contributed by atoms with Crippen LogP contribution in [-0.2, 0) is 24.4 Å². The van der Waals surface area contributed by atoms with E-state index < -0.39 is 0 Å². The average molecular weight is 492 g/mol. The van der Waals surface area contributed by atoms with Crippen molar-refractivity contribution in [1.29, 1.82) is 0 Å². The number of aldehydes is 1. The molecule has 0 radical (unpaired) electrons. The van der Waals surface area contributed by atoms with E-state index in [1.807, 2.05) is 36.4 Å². The zero-order valence-corrected chi connectivity index (χ0v) is 20.8. The minimum Gasteiger partial charge on any atom is -0.383 e. The van der Waals surface area contributed by atoms with Crippen molar-refractivity contribution in [2.24, 2.45) is 0 Å². The fraction of sp³-hybridized carbons (Fsp3) is 0.346. The molecule has 4 aromatic rings. The van der Waals surface area contributed by atoms with Gasteiger partial charge in [0, 0.05) is 66.3 Å². The Balaban J connectivity index is 1.32. The van der Waals surface area contributed by atoms with Crippen molar-refractivity contribution >= 4 is 45.5 Å². The predicted octanol–water partition coefficient (Wildman–Crippen LogP) is 3.29. The second kappa shape index (κ2) is 9.91. The number of nitrogen functional groups attached to an aromatic ring is 1. The van der Waals surface area contributed by atoms with Crippen molar-refractivity contribution < 1.29 is 4.79 Å². The highest BCUT2D eigenvalue weighted by Crippen LogP contribution is 2.28. The maximum atomic E-state index is 12.1. The van der Waals surface area contributed by atoms with Crippen molar-refractivity contribution in [3.8, 4) is 0 Å². The number of carbonyl (C=O) groups is 1. The molecule has 1 fully saturated rings. The molecule has 0 aliphatic carbocycles. The summed E-state index contributed by atoms with van der Waals surface area (Å²) in [4.78, 5) is 30.8. The van der Waals surface area contributed by atoms with Crippen molar-refractivity contribution in [2.75, 3.05) is 39.5 Å². The van der Waals surface area contributed by atoms with E-state index in [-0.39, 0.29) is 6.04 Å². The molecule has 1 atom stereocenters. The number of fused-ring (bicyclic) bond motifs is 2. The Morgan fingerprint density at radius 2 is 2.00 bits per heavy atom. The van der Waals surface area contributed by atoms with Gasteiger partial charge < -0.3 is 20.4 Å². The van der Waals surface area contributed by atoms with E-state index in [2.05, 4.69) is 43.7 Å². The molecular weight excluding hydrogens is 462 g/mol. The Kier molecular flexibility index (Phi) is 6.71. The predicted molar refractivity (Wildman–Crippen MR) is 140 cm³/mol. The van der Waals surface area contributed by atoms with Gasteiger partial charge in [-0.2, -0.15) is 0 Å². The van der Waals surface area contributed by atoms with Crippen molar-refractivity contribution in [2.45, 2.75) is 25.7 Å². The zero-order valence-electron chi connectivity index (χ0n) is 20.0. The first-order valence-electron chi connectivity index (χ1n) is 11.8. The number of aromatic amines is 1. The Hall–Kier alpha value is -3.04. The van der Waals surface area contributed by atoms with Gasteiger partial charge in [-0.1, -0.05) is 17.7 Å². The Labute approximate surface area is 209 Å². The minimum absolute atomic E-state index is 0.175. The first-order valence-corrected chi connectivity index (χ1v) is 12.1. The summed E-state index contributed by atoms with van der Waals surface area (Å²) >= 11 is 6.29. The van der Waals surface area contributed by atoms with Crippen LogP contribution in [-0.4, -0.2) is 75.7 Å². The number of hydrogen-bond acceptors (Lipinski definition) is 7. The average Bonchev–Trinajstić information content (AvgIpc) is 3.15. The number of aromatic nitrogens is 3. The number of rotatable bonds is 7. The van der Waals surface area contributed by atoms with E-state index in [1.165, 1.54) is 17.6 Å². The SMILES string of the molecule is CN(C)Cc1c(CN2CCN(Cc3ccc4c(N)ncnc4c3)C(C=O)C2)[nH]c2ccc(Cl)cc12. The molecule has 35 heavy (non-hydrogen) atoms. The van der Waals surface area contributed by atoms with E-state index in [1.54, 1.807) is 0 Å². The highest BCUT2D eigenvalue weighted by atomic mass is 35.5. The highest BCUT2D eigenvalue weighted by Gasteiger charge is 2.28. The Morgan fingerprint density at radius 3 is 2.80 bits per heavy atom. The van der Waals surface area contributed by atoms with E-state index in [0.717, 1.165) is 64.9 Å². The third kappa shape index (κ3) is 5.01. The van der Waals surface area contributed by atoms with Crippen LogP contribution in [0.2, 0.25) is 5.02 Å². The molecule has 5 rings (SSSR count). The molecule has 1 aliphatic rings. The van der Waals surface area contributed by atoms with Gasteiger partial charge in [0.25, 0.3) is 0 Å². The van der Waals surface area contributed by atoms with Crippen LogP contribution in [0.25, 0.3) is 21.8 Å². The maximum Gasteiger partial charge on any atom is 0.138 e. The number of carbonyl (C=O) groups excluding carboxylic acids is 1. The van der Waals surface area contributed by atoms with Gasteiger partial charge in [0.15, 0.2) is 0 Å². The fourth-order valence-electron chi connectivity index (χ4n) is 4.96. The lowest BCUT2D eigenvalue weighted by Gasteiger charge is -2.39. The first-order chi connectivity index (χ1) is 16.9. The molecule has 9 heteroatoms. The van der Waals surface area contributed by atoms with Crippen molar-refractivity contribution in [3.63, 3.8) is 0 Å². The van der Waals surface area contributed by atoms with Crippen LogP contribution < -0.4 is 5.73 Å². The summed E-state index contributed by atoms with van der Waals surface area (Å²) in [6, 6.07) is 11.8. The highest BCUT2D eigenvalue weighted by molar-refractivity contribution is 6.31. The van der Waals surface area contributed by atoms with Gasteiger partial charge in [0.2, 0.25) is 0 Å². The largest absolute Gasteiger partial charge is 0.383 e. The number of nitrogens with two attached hydrogens (primary N) is 1. The minimum atomic E-state index is -0.175. The number of nitrogens with zero attached hydrogens (tertiary/aromatic N) is 5. The van der Waals surface area contributed by atoms with Gasteiger partial charge in [0.1, 0.15) is 18.4 Å². The van der Waals surface area contributed by atoms with Crippen molar-refractivity contribution in [1.82, 2.24) is 29.7 Å². The third-order valence-corrected chi connectivity index (χ3v) is 6.94. The monoisotopic (exact) mass is 491 g/mol. The van der Waals surface area contributed by atoms with E-state index in [9.17, 15) is 4.79 Å². The molecule has 2 aromatic carbocycles. The summed E-state index contributed by atoms with van der Waals surface area (Å²) in [6.45, 7) is 4.65. The van der Waals surface area contributed by atoms with Crippen LogP contribution >= 0.6 is 11.6 Å². The van der Waals surface area contributed by atoms with Crippen LogP contribution in [0.3, 0.4) is 0 Å². The lowest BCUT2D eigenvalue weighted by Crippen LogP contribution is -2.53. The van der Waals surface area contributed by atoms with Gasteiger partial charge in [-0.15, -0.1) is 0 Å². The molecule has 2 aromatic heterocycles. The first kappa shape index (κ1) is 23.7. The van der Waals surface area contributed by atoms with E-state index >= 15 is 0 Å². The van der Waals surface area contributed by atoms with Gasteiger partial charge in [-0.25, -0.2) is 9.97 Å². The number of piperazine rings is 1. The summed E-state index contributed by atoms with van der Waals surface area (Å²) in [6.07, 6.45) is 2.55. The molecule has 3 heterocycles.